The zero-order valence-electron chi connectivity index (χ0n) is 13.8. The van der Waals surface area contributed by atoms with Crippen molar-refractivity contribution in [3.8, 4) is 17.1 Å². The molecule has 0 saturated carbocycles. The molecule has 0 aliphatic rings. The fourth-order valence-electron chi connectivity index (χ4n) is 2.82. The smallest absolute Gasteiger partial charge is 0.347 e. The van der Waals surface area contributed by atoms with Crippen molar-refractivity contribution in [2.45, 2.75) is 6.92 Å². The van der Waals surface area contributed by atoms with Gasteiger partial charge in [-0.2, -0.15) is 0 Å². The summed E-state index contributed by atoms with van der Waals surface area (Å²) in [4.78, 5) is 30.9. The molecule has 0 unspecified atom stereocenters. The number of hydrogen-bond acceptors (Lipinski definition) is 5. The number of carbonyl (C=O) groups is 1. The number of H-pyrrole nitrogens is 1. The summed E-state index contributed by atoms with van der Waals surface area (Å²) in [5, 5.41) is 9.79. The van der Waals surface area contributed by atoms with Crippen LogP contribution in [0.3, 0.4) is 0 Å². The number of hydrogen-bond donors (Lipinski definition) is 2. The van der Waals surface area contributed by atoms with Crippen LogP contribution in [0.15, 0.2) is 51.7 Å². The first kappa shape index (κ1) is 15.9. The van der Waals surface area contributed by atoms with Crippen molar-refractivity contribution in [2.24, 2.45) is 0 Å². The molecule has 0 aliphatic heterocycles. The highest BCUT2D eigenvalue weighted by atomic mass is 16.5. The Kier molecular flexibility index (Phi) is 3.69. The fourth-order valence-corrected chi connectivity index (χ4v) is 2.82. The maximum Gasteiger partial charge on any atom is 0.347 e. The number of ether oxygens (including phenoxy) is 1. The molecule has 0 atom stereocenters. The van der Waals surface area contributed by atoms with Gasteiger partial charge in [-0.3, -0.25) is 0 Å². The molecule has 26 heavy (non-hydrogen) atoms. The van der Waals surface area contributed by atoms with Crippen molar-refractivity contribution in [1.29, 1.82) is 0 Å². The molecule has 130 valence electrons. The number of fused-ring (bicyclic) bond motifs is 2. The van der Waals surface area contributed by atoms with E-state index in [4.69, 9.17) is 14.3 Å². The molecular formula is C19H14N2O5. The van der Waals surface area contributed by atoms with E-state index in [1.807, 2.05) is 19.1 Å². The lowest BCUT2D eigenvalue weighted by molar-refractivity contribution is 0.0697. The van der Waals surface area contributed by atoms with Gasteiger partial charge in [0.05, 0.1) is 23.2 Å². The van der Waals surface area contributed by atoms with Crippen molar-refractivity contribution in [3.05, 3.63) is 58.4 Å². The Balaban J connectivity index is 1.88. The van der Waals surface area contributed by atoms with Crippen molar-refractivity contribution >= 4 is 28.0 Å². The number of aromatic carboxylic acids is 1. The number of nitrogens with one attached hydrogen (secondary N) is 1. The third-order valence-corrected chi connectivity index (χ3v) is 4.01. The molecule has 2 heterocycles. The molecule has 7 nitrogen and oxygen atoms in total. The van der Waals surface area contributed by atoms with Crippen LogP contribution in [0.4, 0.5) is 0 Å². The van der Waals surface area contributed by atoms with Gasteiger partial charge in [0.25, 0.3) is 0 Å². The monoisotopic (exact) mass is 350 g/mol. The maximum atomic E-state index is 12.5. The second-order valence-electron chi connectivity index (χ2n) is 5.68. The number of imidazole rings is 1. The number of aromatic amines is 1. The summed E-state index contributed by atoms with van der Waals surface area (Å²) in [5.41, 5.74) is 1.31. The minimum atomic E-state index is -1.04. The van der Waals surface area contributed by atoms with Gasteiger partial charge < -0.3 is 19.2 Å². The van der Waals surface area contributed by atoms with Crippen molar-refractivity contribution in [2.75, 3.05) is 6.61 Å². The molecule has 0 amide bonds. The standard InChI is InChI=1S/C19H14N2O5/c1-2-25-15-5-3-4-10-8-12(19(24)26-16(10)15)17-20-13-7-6-11(18(22)23)9-14(13)21-17/h3-9H,2H2,1H3,(H,20,21)(H,22,23). The Morgan fingerprint density at radius 3 is 2.88 bits per heavy atom. The molecular weight excluding hydrogens is 336 g/mol. The van der Waals surface area contributed by atoms with Gasteiger partial charge in [0, 0.05) is 5.39 Å². The molecule has 2 aromatic carbocycles. The van der Waals surface area contributed by atoms with E-state index in [0.29, 0.717) is 40.2 Å². The first-order valence-electron chi connectivity index (χ1n) is 8.00. The van der Waals surface area contributed by atoms with Crippen molar-refractivity contribution < 1.29 is 19.1 Å². The zero-order valence-corrected chi connectivity index (χ0v) is 13.8. The highest BCUT2D eigenvalue weighted by Gasteiger charge is 2.15. The molecule has 0 spiro atoms. The van der Waals surface area contributed by atoms with Crippen LogP contribution in [0.5, 0.6) is 5.75 Å². The van der Waals surface area contributed by atoms with E-state index in [1.165, 1.54) is 12.1 Å². The van der Waals surface area contributed by atoms with E-state index in [2.05, 4.69) is 9.97 Å². The van der Waals surface area contributed by atoms with Gasteiger partial charge in [0.2, 0.25) is 0 Å². The molecule has 2 aromatic heterocycles. The fraction of sp³-hybridized carbons (Fsp3) is 0.105. The van der Waals surface area contributed by atoms with Crippen LogP contribution in [0.2, 0.25) is 0 Å². The van der Waals surface area contributed by atoms with Crippen LogP contribution in [-0.4, -0.2) is 27.7 Å². The van der Waals surface area contributed by atoms with E-state index in [9.17, 15) is 9.59 Å². The number of nitrogens with zero attached hydrogens (tertiary/aromatic N) is 1. The molecule has 4 aromatic rings. The topological polar surface area (TPSA) is 105 Å². The highest BCUT2D eigenvalue weighted by molar-refractivity contribution is 5.93. The largest absolute Gasteiger partial charge is 0.490 e. The molecule has 4 rings (SSSR count). The van der Waals surface area contributed by atoms with Gasteiger partial charge >= 0.3 is 11.6 Å². The van der Waals surface area contributed by atoms with Crippen LogP contribution in [-0.2, 0) is 0 Å². The molecule has 0 radical (unpaired) electrons. The van der Waals surface area contributed by atoms with Gasteiger partial charge in [-0.25, -0.2) is 14.6 Å². The first-order chi connectivity index (χ1) is 12.6. The summed E-state index contributed by atoms with van der Waals surface area (Å²) in [5.74, 6) is -0.213. The average Bonchev–Trinajstić information content (AvgIpc) is 3.05. The number of rotatable bonds is 4. The third kappa shape index (κ3) is 2.59. The van der Waals surface area contributed by atoms with E-state index in [1.54, 1.807) is 18.2 Å². The molecule has 0 bridgehead atoms. The number of carboxylic acid groups (broad SMARTS) is 1. The molecule has 0 saturated heterocycles. The highest BCUT2D eigenvalue weighted by Crippen LogP contribution is 2.27. The lowest BCUT2D eigenvalue weighted by Crippen LogP contribution is -2.04. The zero-order chi connectivity index (χ0) is 18.3. The summed E-state index contributed by atoms with van der Waals surface area (Å²) in [7, 11) is 0. The van der Waals surface area contributed by atoms with Gasteiger partial charge in [-0.05, 0) is 37.3 Å². The second-order valence-corrected chi connectivity index (χ2v) is 5.68. The Morgan fingerprint density at radius 1 is 1.27 bits per heavy atom. The lowest BCUT2D eigenvalue weighted by atomic mass is 10.1. The van der Waals surface area contributed by atoms with Crippen LogP contribution in [0, 0.1) is 0 Å². The second kappa shape index (κ2) is 6.03. The molecule has 0 aliphatic carbocycles. The van der Waals surface area contributed by atoms with Crippen LogP contribution < -0.4 is 10.4 Å². The summed E-state index contributed by atoms with van der Waals surface area (Å²) < 4.78 is 10.9. The summed E-state index contributed by atoms with van der Waals surface area (Å²) in [6.07, 6.45) is 0. The van der Waals surface area contributed by atoms with E-state index in [0.717, 1.165) is 0 Å². The van der Waals surface area contributed by atoms with E-state index in [-0.39, 0.29) is 11.1 Å². The predicted molar refractivity (Wildman–Crippen MR) is 95.7 cm³/mol. The molecule has 0 fully saturated rings. The number of benzene rings is 2. The lowest BCUT2D eigenvalue weighted by Gasteiger charge is -2.06. The first-order valence-corrected chi connectivity index (χ1v) is 8.00. The van der Waals surface area contributed by atoms with Gasteiger partial charge in [0.1, 0.15) is 11.4 Å². The Morgan fingerprint density at radius 2 is 2.12 bits per heavy atom. The van der Waals surface area contributed by atoms with E-state index < -0.39 is 11.6 Å². The predicted octanol–water partition coefficient (Wildman–Crippen LogP) is 3.43. The van der Waals surface area contributed by atoms with Crippen molar-refractivity contribution in [1.82, 2.24) is 9.97 Å². The Labute approximate surface area is 146 Å². The van der Waals surface area contributed by atoms with E-state index >= 15 is 0 Å². The quantitative estimate of drug-likeness (QED) is 0.546. The van der Waals surface area contributed by atoms with Crippen LogP contribution >= 0.6 is 0 Å². The number of para-hydroxylation sites is 1. The maximum absolute atomic E-state index is 12.5. The summed E-state index contributed by atoms with van der Waals surface area (Å²) >= 11 is 0. The summed E-state index contributed by atoms with van der Waals surface area (Å²) in [6.45, 7) is 2.31. The molecule has 7 heteroatoms. The normalized spacial score (nSPS) is 11.1. The Hall–Kier alpha value is -3.61. The van der Waals surface area contributed by atoms with Gasteiger partial charge in [0.15, 0.2) is 11.3 Å². The SMILES string of the molecule is CCOc1cccc2cc(-c3nc4cc(C(=O)O)ccc4[nH]3)c(=O)oc12. The van der Waals surface area contributed by atoms with Crippen molar-refractivity contribution in [3.63, 3.8) is 0 Å². The summed E-state index contributed by atoms with van der Waals surface area (Å²) in [6, 6.07) is 11.6. The third-order valence-electron chi connectivity index (χ3n) is 4.01. The number of aromatic nitrogens is 2. The average molecular weight is 350 g/mol. The minimum Gasteiger partial charge on any atom is -0.490 e. The molecule has 2 N–H and O–H groups in total. The van der Waals surface area contributed by atoms with Gasteiger partial charge in [-0.15, -0.1) is 0 Å². The Bertz CT molecular complexity index is 1210. The van der Waals surface area contributed by atoms with Crippen LogP contribution in [0.25, 0.3) is 33.4 Å². The van der Waals surface area contributed by atoms with Gasteiger partial charge in [-0.1, -0.05) is 12.1 Å². The minimum absolute atomic E-state index is 0.127. The van der Waals surface area contributed by atoms with Crippen LogP contribution in [0.1, 0.15) is 17.3 Å². The number of carboxylic acids is 1.